The molecule has 0 spiro atoms. The third-order valence-electron chi connectivity index (χ3n) is 3.22. The second-order valence-electron chi connectivity index (χ2n) is 4.63. The first-order valence-corrected chi connectivity index (χ1v) is 7.77. The molecule has 1 aliphatic heterocycles. The largest absolute Gasteiger partial charge is 0.328 e. The van der Waals surface area contributed by atoms with E-state index in [1.54, 1.807) is 10.7 Å². The number of aromatic nitrogens is 2. The summed E-state index contributed by atoms with van der Waals surface area (Å²) in [7, 11) is -3.42. The molecule has 0 radical (unpaired) electrons. The van der Waals surface area contributed by atoms with E-state index in [0.29, 0.717) is 24.7 Å². The maximum atomic E-state index is 12.5. The van der Waals surface area contributed by atoms with Crippen molar-refractivity contribution in [3.05, 3.63) is 12.3 Å². The summed E-state index contributed by atoms with van der Waals surface area (Å²) in [6.45, 7) is 3.62. The first-order chi connectivity index (χ1) is 8.55. The van der Waals surface area contributed by atoms with E-state index in [-0.39, 0.29) is 6.04 Å². The quantitative estimate of drug-likeness (QED) is 0.860. The highest BCUT2D eigenvalue weighted by molar-refractivity contribution is 7.89. The minimum Gasteiger partial charge on any atom is -0.328 e. The molecule has 1 aromatic heterocycles. The lowest BCUT2D eigenvalue weighted by Gasteiger charge is -2.29. The molecule has 7 heteroatoms. The number of nitrogens with zero attached hydrogens (tertiary/aromatic N) is 3. The van der Waals surface area contributed by atoms with Gasteiger partial charge in [0.1, 0.15) is 0 Å². The van der Waals surface area contributed by atoms with E-state index in [2.05, 4.69) is 5.10 Å². The molecule has 1 aromatic rings. The Morgan fingerprint density at radius 3 is 2.72 bits per heavy atom. The van der Waals surface area contributed by atoms with Gasteiger partial charge in [-0.1, -0.05) is 6.92 Å². The van der Waals surface area contributed by atoms with E-state index in [1.807, 2.05) is 6.92 Å². The number of hydrogen-bond donors (Lipinski definition) is 1. The van der Waals surface area contributed by atoms with Crippen LogP contribution in [0, 0.1) is 0 Å². The van der Waals surface area contributed by atoms with Crippen molar-refractivity contribution in [2.75, 3.05) is 13.1 Å². The van der Waals surface area contributed by atoms with E-state index < -0.39 is 10.0 Å². The lowest BCUT2D eigenvalue weighted by molar-refractivity contribution is 0.317. The highest BCUT2D eigenvalue weighted by Crippen LogP contribution is 2.20. The SMILES string of the molecule is CCCn1nccc1S(=O)(=O)N1CCC(N)CC1. The van der Waals surface area contributed by atoms with Gasteiger partial charge in [0, 0.05) is 25.7 Å². The van der Waals surface area contributed by atoms with Gasteiger partial charge in [-0.2, -0.15) is 9.40 Å². The molecular formula is C11H20N4O2S. The Kier molecular flexibility index (Phi) is 4.04. The molecule has 6 nitrogen and oxygen atoms in total. The Bertz CT molecular complexity index is 489. The smallest absolute Gasteiger partial charge is 0.260 e. The maximum absolute atomic E-state index is 12.5. The molecule has 0 bridgehead atoms. The summed E-state index contributed by atoms with van der Waals surface area (Å²) in [5.74, 6) is 0. The zero-order chi connectivity index (χ0) is 13.2. The number of piperidine rings is 1. The maximum Gasteiger partial charge on any atom is 0.260 e. The van der Waals surface area contributed by atoms with Crippen molar-refractivity contribution in [1.82, 2.24) is 14.1 Å². The van der Waals surface area contributed by atoms with E-state index in [0.717, 1.165) is 19.3 Å². The fourth-order valence-corrected chi connectivity index (χ4v) is 3.76. The zero-order valence-corrected chi connectivity index (χ0v) is 11.4. The van der Waals surface area contributed by atoms with Crippen molar-refractivity contribution in [3.63, 3.8) is 0 Å². The lowest BCUT2D eigenvalue weighted by atomic mass is 10.1. The molecule has 0 saturated carbocycles. The number of hydrogen-bond acceptors (Lipinski definition) is 4. The molecule has 0 amide bonds. The van der Waals surface area contributed by atoms with E-state index in [9.17, 15) is 8.42 Å². The molecule has 18 heavy (non-hydrogen) atoms. The summed E-state index contributed by atoms with van der Waals surface area (Å²) in [5, 5.41) is 4.36. The standard InChI is InChI=1S/C11H20N4O2S/c1-2-7-15-11(3-6-13-15)18(16,17)14-8-4-10(12)5-9-14/h3,6,10H,2,4-5,7-9,12H2,1H3. The lowest BCUT2D eigenvalue weighted by Crippen LogP contribution is -2.43. The van der Waals surface area contributed by atoms with Crippen LogP contribution in [0.25, 0.3) is 0 Å². The summed E-state index contributed by atoms with van der Waals surface area (Å²) in [4.78, 5) is 0. The van der Waals surface area contributed by atoms with Crippen LogP contribution in [0.1, 0.15) is 26.2 Å². The van der Waals surface area contributed by atoms with Crippen molar-refractivity contribution in [2.24, 2.45) is 5.73 Å². The van der Waals surface area contributed by atoms with Crippen LogP contribution in [0.2, 0.25) is 0 Å². The molecule has 1 saturated heterocycles. The molecule has 0 atom stereocenters. The summed E-state index contributed by atoms with van der Waals surface area (Å²) in [5.41, 5.74) is 5.80. The first kappa shape index (κ1) is 13.5. The fraction of sp³-hybridized carbons (Fsp3) is 0.727. The van der Waals surface area contributed by atoms with Gasteiger partial charge in [0.15, 0.2) is 5.03 Å². The summed E-state index contributed by atoms with van der Waals surface area (Å²) < 4.78 is 28.0. The normalized spacial score (nSPS) is 19.2. The highest BCUT2D eigenvalue weighted by Gasteiger charge is 2.30. The second kappa shape index (κ2) is 5.38. The number of sulfonamides is 1. The summed E-state index contributed by atoms with van der Waals surface area (Å²) in [6.07, 6.45) is 3.84. The minimum atomic E-state index is -3.42. The molecule has 2 rings (SSSR count). The van der Waals surface area contributed by atoms with Crippen LogP contribution in [-0.4, -0.2) is 41.6 Å². The van der Waals surface area contributed by atoms with Crippen molar-refractivity contribution < 1.29 is 8.42 Å². The summed E-state index contributed by atoms with van der Waals surface area (Å²) in [6, 6.07) is 1.69. The Hall–Kier alpha value is -0.920. The Morgan fingerprint density at radius 2 is 2.11 bits per heavy atom. The molecule has 0 unspecified atom stereocenters. The van der Waals surface area contributed by atoms with Crippen molar-refractivity contribution in [2.45, 2.75) is 43.8 Å². The average Bonchev–Trinajstić information content (AvgIpc) is 2.79. The second-order valence-corrected chi connectivity index (χ2v) is 6.52. The zero-order valence-electron chi connectivity index (χ0n) is 10.6. The number of nitrogens with two attached hydrogens (primary N) is 1. The van der Waals surface area contributed by atoms with E-state index in [4.69, 9.17) is 5.73 Å². The molecule has 0 aliphatic carbocycles. The Morgan fingerprint density at radius 1 is 1.44 bits per heavy atom. The molecule has 1 aliphatic rings. The molecule has 1 fully saturated rings. The topological polar surface area (TPSA) is 81.2 Å². The monoisotopic (exact) mass is 272 g/mol. The van der Waals surface area contributed by atoms with Crippen LogP contribution in [0.5, 0.6) is 0 Å². The van der Waals surface area contributed by atoms with Gasteiger partial charge >= 0.3 is 0 Å². The first-order valence-electron chi connectivity index (χ1n) is 6.33. The molecule has 102 valence electrons. The van der Waals surface area contributed by atoms with Crippen molar-refractivity contribution in [3.8, 4) is 0 Å². The van der Waals surface area contributed by atoms with Gasteiger partial charge in [-0.3, -0.25) is 4.68 Å². The fourth-order valence-electron chi connectivity index (χ4n) is 2.17. The van der Waals surface area contributed by atoms with Crippen LogP contribution in [-0.2, 0) is 16.6 Å². The van der Waals surface area contributed by atoms with Crippen LogP contribution in [0.3, 0.4) is 0 Å². The van der Waals surface area contributed by atoms with E-state index >= 15 is 0 Å². The molecule has 2 heterocycles. The highest BCUT2D eigenvalue weighted by atomic mass is 32.2. The summed E-state index contributed by atoms with van der Waals surface area (Å²) >= 11 is 0. The van der Waals surface area contributed by atoms with Crippen LogP contribution >= 0.6 is 0 Å². The molecule has 0 aromatic carbocycles. The predicted molar refractivity (Wildman–Crippen MR) is 68.5 cm³/mol. The number of aryl methyl sites for hydroxylation is 1. The van der Waals surface area contributed by atoms with Gasteiger partial charge in [0.05, 0.1) is 6.20 Å². The van der Waals surface area contributed by atoms with E-state index in [1.165, 1.54) is 10.5 Å². The average molecular weight is 272 g/mol. The van der Waals surface area contributed by atoms with Crippen LogP contribution in [0.4, 0.5) is 0 Å². The van der Waals surface area contributed by atoms with Gasteiger partial charge in [-0.15, -0.1) is 0 Å². The molecule has 2 N–H and O–H groups in total. The van der Waals surface area contributed by atoms with Crippen LogP contribution in [0.15, 0.2) is 17.3 Å². The van der Waals surface area contributed by atoms with Gasteiger partial charge in [-0.05, 0) is 25.3 Å². The minimum absolute atomic E-state index is 0.122. The van der Waals surface area contributed by atoms with Crippen molar-refractivity contribution >= 4 is 10.0 Å². The number of rotatable bonds is 4. The van der Waals surface area contributed by atoms with Gasteiger partial charge in [-0.25, -0.2) is 8.42 Å². The predicted octanol–water partition coefficient (Wildman–Crippen LogP) is 0.405. The molecular weight excluding hydrogens is 252 g/mol. The third-order valence-corrected chi connectivity index (χ3v) is 5.14. The third kappa shape index (κ3) is 2.57. The Balaban J connectivity index is 2.22. The Labute approximate surface area is 108 Å². The van der Waals surface area contributed by atoms with Gasteiger partial charge < -0.3 is 5.73 Å². The van der Waals surface area contributed by atoms with Crippen molar-refractivity contribution in [1.29, 1.82) is 0 Å². The van der Waals surface area contributed by atoms with Crippen LogP contribution < -0.4 is 5.73 Å². The van der Waals surface area contributed by atoms with Gasteiger partial charge in [0.2, 0.25) is 0 Å². The van der Waals surface area contributed by atoms with Gasteiger partial charge in [0.25, 0.3) is 10.0 Å².